The first-order chi connectivity index (χ1) is 14.2. The summed E-state index contributed by atoms with van der Waals surface area (Å²) in [6, 6.07) is 16.6. The molecular formula is C21H19N5O2S. The van der Waals surface area contributed by atoms with Crippen molar-refractivity contribution in [1.82, 2.24) is 19.9 Å². The number of carbonyl (C=O) groups is 1. The highest BCUT2D eigenvalue weighted by molar-refractivity contribution is 7.99. The van der Waals surface area contributed by atoms with E-state index in [0.717, 1.165) is 16.8 Å². The number of rotatable bonds is 7. The van der Waals surface area contributed by atoms with E-state index in [4.69, 9.17) is 4.74 Å². The molecule has 29 heavy (non-hydrogen) atoms. The fourth-order valence-electron chi connectivity index (χ4n) is 2.83. The number of carbonyl (C=O) groups excluding carboxylic acids is 1. The quantitative estimate of drug-likeness (QED) is 0.464. The average Bonchev–Trinajstić information content (AvgIpc) is 3.16. The fourth-order valence-corrected chi connectivity index (χ4v) is 3.56. The molecule has 0 atom stereocenters. The van der Waals surface area contributed by atoms with Gasteiger partial charge >= 0.3 is 0 Å². The maximum atomic E-state index is 13.0. The van der Waals surface area contributed by atoms with Crippen molar-refractivity contribution in [3.63, 3.8) is 0 Å². The van der Waals surface area contributed by atoms with Crippen LogP contribution < -0.4 is 9.64 Å². The molecule has 0 aliphatic rings. The van der Waals surface area contributed by atoms with E-state index in [-0.39, 0.29) is 11.7 Å². The van der Waals surface area contributed by atoms with E-state index in [1.165, 1.54) is 16.7 Å². The third kappa shape index (κ3) is 4.38. The number of amides is 1. The highest BCUT2D eigenvalue weighted by atomic mass is 32.2. The van der Waals surface area contributed by atoms with Gasteiger partial charge in [0.05, 0.1) is 23.4 Å². The minimum absolute atomic E-state index is 0.136. The number of aromatic amines is 1. The van der Waals surface area contributed by atoms with Crippen LogP contribution in [0.4, 0.5) is 11.6 Å². The number of imidazole rings is 1. The summed E-state index contributed by atoms with van der Waals surface area (Å²) in [5.41, 5.74) is 1.70. The summed E-state index contributed by atoms with van der Waals surface area (Å²) in [5, 5.41) is 0.670. The minimum atomic E-state index is -0.136. The van der Waals surface area contributed by atoms with Crippen LogP contribution in [0, 0.1) is 0 Å². The molecule has 3 heterocycles. The van der Waals surface area contributed by atoms with E-state index in [1.807, 2.05) is 49.4 Å². The van der Waals surface area contributed by atoms with Gasteiger partial charge in [-0.05, 0) is 43.3 Å². The molecule has 3 aromatic heterocycles. The second kappa shape index (κ2) is 8.74. The highest BCUT2D eigenvalue weighted by Gasteiger charge is 2.20. The molecule has 0 aliphatic heterocycles. The Bertz CT molecular complexity index is 1060. The molecule has 0 spiro atoms. The Morgan fingerprint density at radius 1 is 1.07 bits per heavy atom. The Kier molecular flexibility index (Phi) is 5.71. The number of ether oxygens (including phenoxy) is 1. The number of pyridine rings is 2. The Balaban J connectivity index is 1.53. The molecule has 1 amide bonds. The standard InChI is InChI=1S/C21H19N5O2S/c1-2-28-15-9-10-16-17(13-15)25-21(24-16)29-14-20(27)26(18-7-3-5-11-22-18)19-8-4-6-12-23-19/h3-13H,2,14H2,1H3,(H,24,25). The highest BCUT2D eigenvalue weighted by Crippen LogP contribution is 2.26. The molecule has 4 aromatic rings. The number of fused-ring (bicyclic) bond motifs is 1. The Morgan fingerprint density at radius 2 is 1.79 bits per heavy atom. The lowest BCUT2D eigenvalue weighted by Crippen LogP contribution is -2.29. The zero-order valence-corrected chi connectivity index (χ0v) is 16.6. The molecule has 0 saturated heterocycles. The van der Waals surface area contributed by atoms with Crippen molar-refractivity contribution in [1.29, 1.82) is 0 Å². The van der Waals surface area contributed by atoms with Gasteiger partial charge in [0, 0.05) is 18.5 Å². The van der Waals surface area contributed by atoms with Gasteiger partial charge in [-0.25, -0.2) is 19.9 Å². The first-order valence-corrected chi connectivity index (χ1v) is 10.1. The van der Waals surface area contributed by atoms with Crippen molar-refractivity contribution in [2.24, 2.45) is 0 Å². The summed E-state index contributed by atoms with van der Waals surface area (Å²) in [7, 11) is 0. The first kappa shape index (κ1) is 18.9. The van der Waals surface area contributed by atoms with E-state index in [0.29, 0.717) is 23.4 Å². The van der Waals surface area contributed by atoms with E-state index in [1.54, 1.807) is 24.5 Å². The molecule has 4 rings (SSSR count). The van der Waals surface area contributed by atoms with Gasteiger partial charge in [0.15, 0.2) is 5.16 Å². The van der Waals surface area contributed by atoms with Crippen LogP contribution >= 0.6 is 11.8 Å². The van der Waals surface area contributed by atoms with Crippen molar-refractivity contribution < 1.29 is 9.53 Å². The van der Waals surface area contributed by atoms with Crippen LogP contribution in [-0.4, -0.2) is 38.2 Å². The molecule has 146 valence electrons. The van der Waals surface area contributed by atoms with Gasteiger partial charge in [0.1, 0.15) is 17.4 Å². The van der Waals surface area contributed by atoms with Gasteiger partial charge in [0.25, 0.3) is 0 Å². The molecule has 0 saturated carbocycles. The van der Waals surface area contributed by atoms with Gasteiger partial charge < -0.3 is 9.72 Å². The molecule has 0 unspecified atom stereocenters. The summed E-state index contributed by atoms with van der Waals surface area (Å²) in [6.07, 6.45) is 3.31. The second-order valence-corrected chi connectivity index (χ2v) is 7.01. The Labute approximate surface area is 172 Å². The monoisotopic (exact) mass is 405 g/mol. The predicted molar refractivity (Wildman–Crippen MR) is 114 cm³/mol. The molecular weight excluding hydrogens is 386 g/mol. The number of nitrogens with zero attached hydrogens (tertiary/aromatic N) is 4. The lowest BCUT2D eigenvalue weighted by molar-refractivity contribution is -0.115. The zero-order chi connectivity index (χ0) is 20.1. The van der Waals surface area contributed by atoms with Crippen LogP contribution in [-0.2, 0) is 4.79 Å². The Morgan fingerprint density at radius 3 is 2.41 bits per heavy atom. The van der Waals surface area contributed by atoms with Crippen molar-refractivity contribution in [2.75, 3.05) is 17.3 Å². The largest absolute Gasteiger partial charge is 0.494 e. The van der Waals surface area contributed by atoms with Crippen molar-refractivity contribution in [3.8, 4) is 5.75 Å². The molecule has 0 bridgehead atoms. The average molecular weight is 405 g/mol. The van der Waals surface area contributed by atoms with Crippen molar-refractivity contribution in [3.05, 3.63) is 67.0 Å². The summed E-state index contributed by atoms with van der Waals surface area (Å²) in [6.45, 7) is 2.55. The lowest BCUT2D eigenvalue weighted by Gasteiger charge is -2.20. The smallest absolute Gasteiger partial charge is 0.244 e. The summed E-state index contributed by atoms with van der Waals surface area (Å²) in [5.74, 6) is 1.90. The fraction of sp³-hybridized carbons (Fsp3) is 0.143. The van der Waals surface area contributed by atoms with Crippen molar-refractivity contribution >= 4 is 40.3 Å². The summed E-state index contributed by atoms with van der Waals surface area (Å²) < 4.78 is 5.52. The number of anilines is 2. The minimum Gasteiger partial charge on any atom is -0.494 e. The number of benzene rings is 1. The van der Waals surface area contributed by atoms with Gasteiger partial charge in [-0.3, -0.25) is 4.79 Å². The van der Waals surface area contributed by atoms with E-state index >= 15 is 0 Å². The van der Waals surface area contributed by atoms with Gasteiger partial charge in [0.2, 0.25) is 5.91 Å². The molecule has 0 aliphatic carbocycles. The van der Waals surface area contributed by atoms with Gasteiger partial charge in [-0.2, -0.15) is 0 Å². The number of nitrogens with one attached hydrogen (secondary N) is 1. The third-order valence-corrected chi connectivity index (χ3v) is 4.94. The topological polar surface area (TPSA) is 84.0 Å². The molecule has 1 N–H and O–H groups in total. The van der Waals surface area contributed by atoms with Crippen LogP contribution in [0.3, 0.4) is 0 Å². The van der Waals surface area contributed by atoms with Gasteiger partial charge in [-0.1, -0.05) is 23.9 Å². The normalized spacial score (nSPS) is 10.8. The number of aromatic nitrogens is 4. The Hall–Kier alpha value is -3.39. The number of hydrogen-bond donors (Lipinski definition) is 1. The second-order valence-electron chi connectivity index (χ2n) is 6.05. The van der Waals surface area contributed by atoms with Crippen LogP contribution in [0.25, 0.3) is 11.0 Å². The van der Waals surface area contributed by atoms with Crippen molar-refractivity contribution in [2.45, 2.75) is 12.1 Å². The third-order valence-electron chi connectivity index (χ3n) is 4.08. The lowest BCUT2D eigenvalue weighted by atomic mass is 10.3. The summed E-state index contributed by atoms with van der Waals surface area (Å²) in [4.78, 5) is 31.0. The van der Waals surface area contributed by atoms with E-state index in [9.17, 15) is 4.79 Å². The molecule has 8 heteroatoms. The molecule has 0 fully saturated rings. The van der Waals surface area contributed by atoms with Crippen LogP contribution in [0.15, 0.2) is 72.1 Å². The van der Waals surface area contributed by atoms with E-state index in [2.05, 4.69) is 19.9 Å². The predicted octanol–water partition coefficient (Wildman–Crippen LogP) is 4.21. The number of hydrogen-bond acceptors (Lipinski definition) is 6. The summed E-state index contributed by atoms with van der Waals surface area (Å²) >= 11 is 1.34. The molecule has 7 nitrogen and oxygen atoms in total. The SMILES string of the molecule is CCOc1ccc2nc(SCC(=O)N(c3ccccn3)c3ccccn3)[nH]c2c1. The van der Waals surface area contributed by atoms with E-state index < -0.39 is 0 Å². The number of H-pyrrole nitrogens is 1. The van der Waals surface area contributed by atoms with Crippen LogP contribution in [0.2, 0.25) is 0 Å². The maximum Gasteiger partial charge on any atom is 0.244 e. The zero-order valence-electron chi connectivity index (χ0n) is 15.8. The first-order valence-electron chi connectivity index (χ1n) is 9.15. The number of thioether (sulfide) groups is 1. The maximum absolute atomic E-state index is 13.0. The van der Waals surface area contributed by atoms with Crippen LogP contribution in [0.1, 0.15) is 6.92 Å². The van der Waals surface area contributed by atoms with Gasteiger partial charge in [-0.15, -0.1) is 0 Å². The molecule has 1 aromatic carbocycles. The molecule has 0 radical (unpaired) electrons. The van der Waals surface area contributed by atoms with Crippen LogP contribution in [0.5, 0.6) is 5.75 Å².